The first kappa shape index (κ1) is 22.1. The number of nitrogens with zero attached hydrogens (tertiary/aromatic N) is 1. The number of alkyl halides is 3. The number of aliphatic imine (C=N–C) groups is 1. The summed E-state index contributed by atoms with van der Waals surface area (Å²) in [6, 6.07) is 15.2. The Bertz CT molecular complexity index is 794. The highest BCUT2D eigenvalue weighted by atomic mass is 19.4. The van der Waals surface area contributed by atoms with Gasteiger partial charge in [-0.05, 0) is 29.8 Å². The average molecular weight is 408 g/mol. The molecule has 0 radical (unpaired) electrons. The van der Waals surface area contributed by atoms with Gasteiger partial charge in [0.15, 0.2) is 12.6 Å². The molecule has 1 amide bonds. The van der Waals surface area contributed by atoms with Gasteiger partial charge < -0.3 is 20.7 Å². The smallest absolute Gasteiger partial charge is 0.422 e. The van der Waals surface area contributed by atoms with Crippen LogP contribution in [0.1, 0.15) is 15.9 Å². The first-order valence-corrected chi connectivity index (χ1v) is 8.93. The quantitative estimate of drug-likeness (QED) is 0.357. The van der Waals surface area contributed by atoms with E-state index in [0.717, 1.165) is 5.56 Å². The van der Waals surface area contributed by atoms with Crippen molar-refractivity contribution in [2.24, 2.45) is 4.99 Å². The van der Waals surface area contributed by atoms with Crippen LogP contribution in [0.15, 0.2) is 59.6 Å². The lowest BCUT2D eigenvalue weighted by Crippen LogP contribution is -2.41. The van der Waals surface area contributed by atoms with Crippen LogP contribution in [0, 0.1) is 0 Å². The zero-order valence-electron chi connectivity index (χ0n) is 15.9. The van der Waals surface area contributed by atoms with E-state index >= 15 is 0 Å². The molecule has 6 nitrogen and oxygen atoms in total. The molecule has 0 fully saturated rings. The molecule has 9 heteroatoms. The molecule has 29 heavy (non-hydrogen) atoms. The molecule has 0 atom stereocenters. The Hall–Kier alpha value is -3.23. The van der Waals surface area contributed by atoms with Crippen molar-refractivity contribution in [3.05, 3.63) is 65.7 Å². The number of carbonyl (C=O) groups excluding carboxylic acids is 1. The first-order valence-electron chi connectivity index (χ1n) is 8.93. The number of ether oxygens (including phenoxy) is 1. The van der Waals surface area contributed by atoms with E-state index in [2.05, 4.69) is 25.7 Å². The normalized spacial score (nSPS) is 11.7. The second-order valence-corrected chi connectivity index (χ2v) is 6.02. The van der Waals surface area contributed by atoms with Crippen LogP contribution >= 0.6 is 0 Å². The molecule has 2 aromatic rings. The summed E-state index contributed by atoms with van der Waals surface area (Å²) in [5, 5.41) is 8.96. The molecule has 0 aromatic heterocycles. The van der Waals surface area contributed by atoms with E-state index in [1.54, 1.807) is 43.4 Å². The van der Waals surface area contributed by atoms with Gasteiger partial charge in [0.1, 0.15) is 5.75 Å². The lowest BCUT2D eigenvalue weighted by molar-refractivity contribution is -0.153. The van der Waals surface area contributed by atoms with Crippen molar-refractivity contribution in [3.63, 3.8) is 0 Å². The Morgan fingerprint density at radius 1 is 0.966 bits per heavy atom. The van der Waals surface area contributed by atoms with Crippen molar-refractivity contribution >= 4 is 11.9 Å². The Labute approximate surface area is 167 Å². The Morgan fingerprint density at radius 2 is 1.62 bits per heavy atom. The number of nitrogens with one attached hydrogen (secondary N) is 3. The summed E-state index contributed by atoms with van der Waals surface area (Å²) >= 11 is 0. The van der Waals surface area contributed by atoms with Crippen molar-refractivity contribution in [2.45, 2.75) is 12.7 Å². The van der Waals surface area contributed by atoms with Crippen LogP contribution in [0.3, 0.4) is 0 Å². The van der Waals surface area contributed by atoms with Gasteiger partial charge in [0.05, 0.1) is 0 Å². The number of guanidine groups is 1. The van der Waals surface area contributed by atoms with Gasteiger partial charge in [-0.15, -0.1) is 0 Å². The fourth-order valence-corrected chi connectivity index (χ4v) is 2.32. The lowest BCUT2D eigenvalue weighted by atomic mass is 10.2. The predicted molar refractivity (Wildman–Crippen MR) is 105 cm³/mol. The highest BCUT2D eigenvalue weighted by molar-refractivity contribution is 5.94. The minimum absolute atomic E-state index is 0.150. The monoisotopic (exact) mass is 408 g/mol. The molecule has 0 unspecified atom stereocenters. The third-order valence-electron chi connectivity index (χ3n) is 3.75. The van der Waals surface area contributed by atoms with E-state index in [-0.39, 0.29) is 11.7 Å². The highest BCUT2D eigenvalue weighted by Gasteiger charge is 2.28. The fraction of sp³-hybridized carbons (Fsp3) is 0.300. The maximum absolute atomic E-state index is 12.1. The van der Waals surface area contributed by atoms with Crippen molar-refractivity contribution < 1.29 is 22.7 Å². The summed E-state index contributed by atoms with van der Waals surface area (Å²) < 4.78 is 41.1. The van der Waals surface area contributed by atoms with Gasteiger partial charge in [0.25, 0.3) is 5.91 Å². The summed E-state index contributed by atoms with van der Waals surface area (Å²) in [4.78, 5) is 16.0. The van der Waals surface area contributed by atoms with E-state index in [0.29, 0.717) is 31.2 Å². The van der Waals surface area contributed by atoms with Gasteiger partial charge in [-0.25, -0.2) is 0 Å². The first-order chi connectivity index (χ1) is 13.9. The number of carbonyl (C=O) groups is 1. The molecule has 0 aliphatic heterocycles. The van der Waals surface area contributed by atoms with Gasteiger partial charge in [-0.3, -0.25) is 9.79 Å². The summed E-state index contributed by atoms with van der Waals surface area (Å²) in [6.45, 7) is -0.000295. The van der Waals surface area contributed by atoms with Crippen LogP contribution in [-0.2, 0) is 6.54 Å². The van der Waals surface area contributed by atoms with Crippen LogP contribution < -0.4 is 20.7 Å². The van der Waals surface area contributed by atoms with Gasteiger partial charge >= 0.3 is 6.18 Å². The van der Waals surface area contributed by atoms with Crippen LogP contribution in [0.25, 0.3) is 0 Å². The second-order valence-electron chi connectivity index (χ2n) is 6.02. The van der Waals surface area contributed by atoms with E-state index < -0.39 is 12.8 Å². The van der Waals surface area contributed by atoms with Crippen molar-refractivity contribution in [1.29, 1.82) is 0 Å². The molecule has 2 rings (SSSR count). The standard InChI is InChI=1S/C20H23F3N4O2/c1-24-19(26-12-11-25-18(28)16-5-3-2-4-6-16)27-13-15-7-9-17(10-8-15)29-14-20(21,22)23/h2-10H,11-14H2,1H3,(H,25,28)(H2,24,26,27). The maximum atomic E-state index is 12.1. The molecule has 0 aliphatic rings. The van der Waals surface area contributed by atoms with Crippen LogP contribution in [0.5, 0.6) is 5.75 Å². The molecule has 0 heterocycles. The van der Waals surface area contributed by atoms with E-state index in [1.165, 1.54) is 12.1 Å². The number of hydrogen-bond donors (Lipinski definition) is 3. The zero-order valence-corrected chi connectivity index (χ0v) is 15.9. The van der Waals surface area contributed by atoms with Crippen LogP contribution in [0.2, 0.25) is 0 Å². The third kappa shape index (κ3) is 8.54. The Balaban J connectivity index is 1.69. The SMILES string of the molecule is CN=C(NCCNC(=O)c1ccccc1)NCc1ccc(OCC(F)(F)F)cc1. The molecule has 0 bridgehead atoms. The van der Waals surface area contributed by atoms with Crippen LogP contribution in [0.4, 0.5) is 13.2 Å². The number of benzene rings is 2. The zero-order chi connectivity index (χ0) is 21.1. The number of halogens is 3. The largest absolute Gasteiger partial charge is 0.484 e. The van der Waals surface area contributed by atoms with E-state index in [9.17, 15) is 18.0 Å². The van der Waals surface area contributed by atoms with Gasteiger partial charge in [-0.1, -0.05) is 30.3 Å². The maximum Gasteiger partial charge on any atom is 0.422 e. The number of amides is 1. The number of hydrogen-bond acceptors (Lipinski definition) is 3. The van der Waals surface area contributed by atoms with Gasteiger partial charge in [0, 0.05) is 32.2 Å². The Morgan fingerprint density at radius 3 is 2.24 bits per heavy atom. The molecule has 2 aromatic carbocycles. The second kappa shape index (κ2) is 10.9. The summed E-state index contributed by atoms with van der Waals surface area (Å²) in [5.74, 6) is 0.544. The predicted octanol–water partition coefficient (Wildman–Crippen LogP) is 2.72. The van der Waals surface area contributed by atoms with Gasteiger partial charge in [0.2, 0.25) is 0 Å². The molecular formula is C20H23F3N4O2. The van der Waals surface area contributed by atoms with Crippen molar-refractivity contribution in [3.8, 4) is 5.75 Å². The Kier molecular flexibility index (Phi) is 8.32. The molecule has 3 N–H and O–H groups in total. The fourth-order valence-electron chi connectivity index (χ4n) is 2.32. The van der Waals surface area contributed by atoms with Crippen molar-refractivity contribution in [2.75, 3.05) is 26.7 Å². The molecule has 156 valence electrons. The molecule has 0 aliphatic carbocycles. The molecule has 0 saturated carbocycles. The minimum Gasteiger partial charge on any atom is -0.484 e. The minimum atomic E-state index is -4.36. The van der Waals surface area contributed by atoms with Crippen LogP contribution in [-0.4, -0.2) is 44.8 Å². The molecule has 0 spiro atoms. The summed E-state index contributed by atoms with van der Waals surface area (Å²) in [6.07, 6.45) is -4.36. The van der Waals surface area contributed by atoms with E-state index in [4.69, 9.17) is 0 Å². The summed E-state index contributed by atoms with van der Waals surface area (Å²) in [7, 11) is 1.62. The summed E-state index contributed by atoms with van der Waals surface area (Å²) in [5.41, 5.74) is 1.45. The highest BCUT2D eigenvalue weighted by Crippen LogP contribution is 2.18. The number of rotatable bonds is 8. The average Bonchev–Trinajstić information content (AvgIpc) is 2.72. The van der Waals surface area contributed by atoms with Gasteiger partial charge in [-0.2, -0.15) is 13.2 Å². The third-order valence-corrected chi connectivity index (χ3v) is 3.75. The molecule has 0 saturated heterocycles. The molecular weight excluding hydrogens is 385 g/mol. The lowest BCUT2D eigenvalue weighted by Gasteiger charge is -2.13. The topological polar surface area (TPSA) is 74.8 Å². The van der Waals surface area contributed by atoms with E-state index in [1.807, 2.05) is 6.07 Å². The van der Waals surface area contributed by atoms with Crippen molar-refractivity contribution in [1.82, 2.24) is 16.0 Å².